The zero-order valence-corrected chi connectivity index (χ0v) is 15.3. The van der Waals surface area contributed by atoms with Gasteiger partial charge in [-0.25, -0.2) is 13.8 Å². The second-order valence-electron chi connectivity index (χ2n) is 6.67. The van der Waals surface area contributed by atoms with E-state index >= 15 is 0 Å². The number of Topliss-reactive ketones (excluding diaryl/α,β-unsaturated/α-hetero) is 1. The smallest absolute Gasteiger partial charge is 0.337 e. The molecule has 1 aromatic heterocycles. The van der Waals surface area contributed by atoms with E-state index in [4.69, 9.17) is 5.73 Å². The van der Waals surface area contributed by atoms with E-state index in [1.807, 2.05) is 4.90 Å². The van der Waals surface area contributed by atoms with Gasteiger partial charge in [0.15, 0.2) is 5.78 Å². The summed E-state index contributed by atoms with van der Waals surface area (Å²) in [6.07, 6.45) is 3.13. The number of halogens is 1. The third-order valence-electron chi connectivity index (χ3n) is 4.86. The van der Waals surface area contributed by atoms with Gasteiger partial charge in [0.2, 0.25) is 0 Å². The highest BCUT2D eigenvalue weighted by atomic mass is 19.1. The average molecular weight is 374 g/mol. The number of nitrogens with two attached hydrogens (primary N) is 1. The first-order chi connectivity index (χ1) is 12.9. The second-order valence-corrected chi connectivity index (χ2v) is 6.67. The van der Waals surface area contributed by atoms with E-state index in [1.165, 1.54) is 18.2 Å². The number of likely N-dealkylation sites (tertiary alicyclic amines) is 1. The zero-order valence-electron chi connectivity index (χ0n) is 15.3. The number of nitrogen functional groups attached to an aromatic ring is 1. The van der Waals surface area contributed by atoms with Crippen LogP contribution in [-0.2, 0) is 6.54 Å². The fourth-order valence-electron chi connectivity index (χ4n) is 3.47. The molecule has 3 rings (SSSR count). The number of piperidine rings is 1. The number of carbonyl (C=O) groups is 1. The predicted molar refractivity (Wildman–Crippen MR) is 101 cm³/mol. The Morgan fingerprint density at radius 3 is 2.52 bits per heavy atom. The lowest BCUT2D eigenvalue weighted by atomic mass is 10.1. The summed E-state index contributed by atoms with van der Waals surface area (Å²) in [7, 11) is 0. The molecule has 2 N–H and O–H groups in total. The van der Waals surface area contributed by atoms with Crippen LogP contribution in [0.15, 0.2) is 33.9 Å². The lowest BCUT2D eigenvalue weighted by Gasteiger charge is -2.26. The van der Waals surface area contributed by atoms with Gasteiger partial charge in [-0.05, 0) is 51.1 Å². The van der Waals surface area contributed by atoms with Crippen molar-refractivity contribution in [2.45, 2.75) is 32.7 Å². The summed E-state index contributed by atoms with van der Waals surface area (Å²) in [6.45, 7) is 3.36. The maximum absolute atomic E-state index is 13.6. The van der Waals surface area contributed by atoms with E-state index in [1.54, 1.807) is 6.92 Å². The first-order valence-corrected chi connectivity index (χ1v) is 9.11. The monoisotopic (exact) mass is 374 g/mol. The molecule has 0 spiro atoms. The molecule has 1 saturated heterocycles. The van der Waals surface area contributed by atoms with Crippen LogP contribution in [0.3, 0.4) is 0 Å². The number of carbonyl (C=O) groups excluding carboxylic acids is 1. The van der Waals surface area contributed by atoms with Crippen LogP contribution in [0.5, 0.6) is 0 Å². The van der Waals surface area contributed by atoms with Crippen molar-refractivity contribution in [2.24, 2.45) is 0 Å². The molecular formula is C19H23FN4O3. The Morgan fingerprint density at radius 2 is 1.89 bits per heavy atom. The molecule has 0 unspecified atom stereocenters. The maximum atomic E-state index is 13.6. The van der Waals surface area contributed by atoms with Crippen molar-refractivity contribution in [2.75, 3.05) is 25.4 Å². The minimum atomic E-state index is -0.699. The van der Waals surface area contributed by atoms with Gasteiger partial charge in [-0.1, -0.05) is 12.5 Å². The average Bonchev–Trinajstić information content (AvgIpc) is 2.63. The second kappa shape index (κ2) is 7.87. The zero-order chi connectivity index (χ0) is 19.6. The molecule has 1 aromatic carbocycles. The van der Waals surface area contributed by atoms with E-state index < -0.39 is 22.8 Å². The summed E-state index contributed by atoms with van der Waals surface area (Å²) >= 11 is 0. The van der Waals surface area contributed by atoms with E-state index in [2.05, 4.69) is 0 Å². The number of rotatable bonds is 5. The predicted octanol–water partition coefficient (Wildman–Crippen LogP) is 1.41. The van der Waals surface area contributed by atoms with Crippen LogP contribution in [0.2, 0.25) is 0 Å². The fraction of sp³-hybridized carbons (Fsp3) is 0.421. The third-order valence-corrected chi connectivity index (χ3v) is 4.86. The van der Waals surface area contributed by atoms with E-state index in [0.29, 0.717) is 0 Å². The molecule has 0 radical (unpaired) electrons. The molecule has 0 aliphatic carbocycles. The molecule has 27 heavy (non-hydrogen) atoms. The molecule has 0 atom stereocenters. The van der Waals surface area contributed by atoms with E-state index in [-0.39, 0.29) is 30.2 Å². The van der Waals surface area contributed by atoms with Gasteiger partial charge in [0.1, 0.15) is 17.2 Å². The number of hydrogen-bond donors (Lipinski definition) is 1. The molecule has 1 fully saturated rings. The molecule has 2 heterocycles. The van der Waals surface area contributed by atoms with Crippen LogP contribution >= 0.6 is 0 Å². The number of aromatic nitrogens is 2. The molecule has 0 amide bonds. The third kappa shape index (κ3) is 3.71. The lowest BCUT2D eigenvalue weighted by molar-refractivity contribution is 0.0914. The van der Waals surface area contributed by atoms with Gasteiger partial charge < -0.3 is 5.73 Å². The minimum Gasteiger partial charge on any atom is -0.384 e. The fourth-order valence-corrected chi connectivity index (χ4v) is 3.47. The van der Waals surface area contributed by atoms with Crippen LogP contribution in [0.4, 0.5) is 10.2 Å². The van der Waals surface area contributed by atoms with Gasteiger partial charge in [0.25, 0.3) is 5.56 Å². The summed E-state index contributed by atoms with van der Waals surface area (Å²) < 4.78 is 15.6. The number of benzene rings is 1. The van der Waals surface area contributed by atoms with Crippen LogP contribution in [-0.4, -0.2) is 39.5 Å². The van der Waals surface area contributed by atoms with Crippen molar-refractivity contribution in [1.82, 2.24) is 14.0 Å². The normalized spacial score (nSPS) is 15.0. The first-order valence-electron chi connectivity index (χ1n) is 9.11. The number of anilines is 1. The van der Waals surface area contributed by atoms with Gasteiger partial charge >= 0.3 is 5.69 Å². The maximum Gasteiger partial charge on any atom is 0.337 e. The molecule has 7 nitrogen and oxygen atoms in total. The molecule has 1 aliphatic rings. The summed E-state index contributed by atoms with van der Waals surface area (Å²) in [4.78, 5) is 40.3. The van der Waals surface area contributed by atoms with Crippen molar-refractivity contribution >= 4 is 11.6 Å². The largest absolute Gasteiger partial charge is 0.384 e. The highest BCUT2D eigenvalue weighted by Crippen LogP contribution is 2.16. The van der Waals surface area contributed by atoms with Crippen molar-refractivity contribution in [3.05, 3.63) is 56.5 Å². The summed E-state index contributed by atoms with van der Waals surface area (Å²) in [6, 6.07) is 5.32. The molecule has 0 bridgehead atoms. The van der Waals surface area contributed by atoms with Gasteiger partial charge in [0.05, 0.1) is 12.2 Å². The Kier molecular flexibility index (Phi) is 5.55. The first kappa shape index (κ1) is 19.0. The van der Waals surface area contributed by atoms with Crippen LogP contribution in [0.1, 0.15) is 36.5 Å². The quantitative estimate of drug-likeness (QED) is 0.799. The molecule has 1 aliphatic heterocycles. The number of hydrogen-bond acceptors (Lipinski definition) is 5. The summed E-state index contributed by atoms with van der Waals surface area (Å²) in [5, 5.41) is 0. The van der Waals surface area contributed by atoms with Crippen molar-refractivity contribution in [1.29, 1.82) is 0 Å². The van der Waals surface area contributed by atoms with Gasteiger partial charge in [-0.15, -0.1) is 0 Å². The van der Waals surface area contributed by atoms with Crippen LogP contribution < -0.4 is 17.0 Å². The Hall–Kier alpha value is -2.74. The number of nitrogens with zero attached hydrogens (tertiary/aromatic N) is 3. The molecular weight excluding hydrogens is 351 g/mol. The van der Waals surface area contributed by atoms with Crippen molar-refractivity contribution in [3.8, 4) is 5.69 Å². The van der Waals surface area contributed by atoms with Crippen molar-refractivity contribution in [3.63, 3.8) is 0 Å². The molecule has 2 aromatic rings. The Morgan fingerprint density at radius 1 is 1.19 bits per heavy atom. The Bertz CT molecular complexity index is 974. The molecule has 0 saturated carbocycles. The summed E-state index contributed by atoms with van der Waals surface area (Å²) in [5.41, 5.74) is 4.65. The van der Waals surface area contributed by atoms with Gasteiger partial charge in [0, 0.05) is 6.54 Å². The standard InChI is InChI=1S/C19H23FN4O3/c1-2-23-18(26)16(15(25)12-22-9-4-3-5-10-22)17(21)24(19(23)27)14-8-6-7-13(20)11-14/h6-8,11H,2-5,9-10,12,21H2,1H3. The highest BCUT2D eigenvalue weighted by molar-refractivity contribution is 6.01. The topological polar surface area (TPSA) is 90.3 Å². The molecule has 144 valence electrons. The van der Waals surface area contributed by atoms with Crippen molar-refractivity contribution < 1.29 is 9.18 Å². The van der Waals surface area contributed by atoms with Crippen LogP contribution in [0, 0.1) is 5.82 Å². The minimum absolute atomic E-state index is 0.0739. The van der Waals surface area contributed by atoms with Gasteiger partial charge in [-0.3, -0.25) is 19.1 Å². The highest BCUT2D eigenvalue weighted by Gasteiger charge is 2.25. The Balaban J connectivity index is 2.13. The van der Waals surface area contributed by atoms with Crippen LogP contribution in [0.25, 0.3) is 5.69 Å². The van der Waals surface area contributed by atoms with E-state index in [0.717, 1.165) is 47.6 Å². The van der Waals surface area contributed by atoms with Gasteiger partial charge in [-0.2, -0.15) is 0 Å². The summed E-state index contributed by atoms with van der Waals surface area (Å²) in [5.74, 6) is -1.22. The molecule has 8 heteroatoms. The Labute approximate surface area is 155 Å². The number of ketones is 1. The van der Waals surface area contributed by atoms with E-state index in [9.17, 15) is 18.8 Å². The lowest BCUT2D eigenvalue weighted by Crippen LogP contribution is -2.45. The SMILES string of the molecule is CCn1c(=O)c(C(=O)CN2CCCCC2)c(N)n(-c2cccc(F)c2)c1=O.